The van der Waals surface area contributed by atoms with Crippen molar-refractivity contribution in [2.24, 2.45) is 0 Å². The standard InChI is InChI=1S/C20H23NO4/c1-13-11-14-7-5-6-8-16(14)21(13)18(22)12-15-9-10-17(23-2)20(25-4)19(15)24-3/h5-10,13H,11-12H2,1-4H3/t13-/m0/s1. The minimum Gasteiger partial charge on any atom is -0.493 e. The van der Waals surface area contributed by atoms with Crippen molar-refractivity contribution in [3.63, 3.8) is 0 Å². The van der Waals surface area contributed by atoms with E-state index in [9.17, 15) is 4.79 Å². The van der Waals surface area contributed by atoms with Gasteiger partial charge in [-0.3, -0.25) is 4.79 Å². The molecule has 0 radical (unpaired) electrons. The van der Waals surface area contributed by atoms with Gasteiger partial charge in [0.1, 0.15) is 0 Å². The highest BCUT2D eigenvalue weighted by atomic mass is 16.5. The molecule has 2 aromatic rings. The van der Waals surface area contributed by atoms with E-state index >= 15 is 0 Å². The van der Waals surface area contributed by atoms with Gasteiger partial charge in [-0.25, -0.2) is 0 Å². The Morgan fingerprint density at radius 1 is 1.04 bits per heavy atom. The number of carbonyl (C=O) groups is 1. The Kier molecular flexibility index (Phi) is 4.83. The zero-order valence-corrected chi connectivity index (χ0v) is 15.0. The number of benzene rings is 2. The lowest BCUT2D eigenvalue weighted by Gasteiger charge is -2.23. The molecule has 0 saturated heterocycles. The SMILES string of the molecule is COc1ccc(CC(=O)N2c3ccccc3C[C@@H]2C)c(OC)c1OC. The first-order valence-electron chi connectivity index (χ1n) is 8.28. The number of anilines is 1. The van der Waals surface area contributed by atoms with Crippen molar-refractivity contribution in [2.75, 3.05) is 26.2 Å². The second-order valence-corrected chi connectivity index (χ2v) is 6.12. The molecule has 0 spiro atoms. The molecule has 5 heteroatoms. The summed E-state index contributed by atoms with van der Waals surface area (Å²) in [4.78, 5) is 14.9. The molecule has 0 saturated carbocycles. The fourth-order valence-electron chi connectivity index (χ4n) is 3.50. The maximum Gasteiger partial charge on any atom is 0.231 e. The van der Waals surface area contributed by atoms with Gasteiger partial charge in [-0.1, -0.05) is 24.3 Å². The van der Waals surface area contributed by atoms with Crippen molar-refractivity contribution in [2.45, 2.75) is 25.8 Å². The van der Waals surface area contributed by atoms with E-state index in [0.717, 1.165) is 17.7 Å². The van der Waals surface area contributed by atoms with Crippen LogP contribution >= 0.6 is 0 Å². The van der Waals surface area contributed by atoms with Crippen LogP contribution in [0, 0.1) is 0 Å². The average Bonchev–Trinajstić information content (AvgIpc) is 2.96. The van der Waals surface area contributed by atoms with E-state index in [1.807, 2.05) is 29.2 Å². The normalized spacial score (nSPS) is 15.7. The molecule has 5 nitrogen and oxygen atoms in total. The first-order valence-corrected chi connectivity index (χ1v) is 8.28. The molecule has 1 aliphatic rings. The fraction of sp³-hybridized carbons (Fsp3) is 0.350. The summed E-state index contributed by atoms with van der Waals surface area (Å²) in [6, 6.07) is 11.9. The number of ether oxygens (including phenoxy) is 3. The molecule has 0 aliphatic carbocycles. The third-order valence-electron chi connectivity index (χ3n) is 4.60. The largest absolute Gasteiger partial charge is 0.493 e. The number of amides is 1. The fourth-order valence-corrected chi connectivity index (χ4v) is 3.50. The van der Waals surface area contributed by atoms with E-state index in [1.165, 1.54) is 5.56 Å². The van der Waals surface area contributed by atoms with Gasteiger partial charge in [-0.05, 0) is 31.0 Å². The van der Waals surface area contributed by atoms with E-state index in [-0.39, 0.29) is 18.4 Å². The highest BCUT2D eigenvalue weighted by Crippen LogP contribution is 2.40. The van der Waals surface area contributed by atoms with Crippen LogP contribution in [0.25, 0.3) is 0 Å². The van der Waals surface area contributed by atoms with Crippen LogP contribution in [0.15, 0.2) is 36.4 Å². The lowest BCUT2D eigenvalue weighted by atomic mass is 10.1. The number of fused-ring (bicyclic) bond motifs is 1. The van der Waals surface area contributed by atoms with E-state index in [2.05, 4.69) is 13.0 Å². The maximum absolute atomic E-state index is 13.0. The van der Waals surface area contributed by atoms with E-state index in [4.69, 9.17) is 14.2 Å². The van der Waals surface area contributed by atoms with Gasteiger partial charge in [0.05, 0.1) is 27.8 Å². The lowest BCUT2D eigenvalue weighted by Crippen LogP contribution is -2.36. The molecule has 0 bridgehead atoms. The van der Waals surface area contributed by atoms with Crippen molar-refractivity contribution >= 4 is 11.6 Å². The van der Waals surface area contributed by atoms with Gasteiger partial charge in [0.15, 0.2) is 11.5 Å². The second kappa shape index (κ2) is 7.05. The number of para-hydroxylation sites is 1. The van der Waals surface area contributed by atoms with Gasteiger partial charge in [0, 0.05) is 17.3 Å². The van der Waals surface area contributed by atoms with Gasteiger partial charge in [0.2, 0.25) is 11.7 Å². The molecule has 1 aliphatic heterocycles. The van der Waals surface area contributed by atoms with Crippen LogP contribution < -0.4 is 19.1 Å². The lowest BCUT2D eigenvalue weighted by molar-refractivity contribution is -0.118. The summed E-state index contributed by atoms with van der Waals surface area (Å²) < 4.78 is 16.2. The summed E-state index contributed by atoms with van der Waals surface area (Å²) in [5, 5.41) is 0. The van der Waals surface area contributed by atoms with Gasteiger partial charge in [0.25, 0.3) is 0 Å². The molecule has 0 fully saturated rings. The van der Waals surface area contributed by atoms with Crippen LogP contribution in [0.2, 0.25) is 0 Å². The van der Waals surface area contributed by atoms with Crippen LogP contribution in [0.3, 0.4) is 0 Å². The molecule has 0 unspecified atom stereocenters. The Bertz CT molecular complexity index is 787. The summed E-state index contributed by atoms with van der Waals surface area (Å²) in [5.74, 6) is 1.67. The molecule has 1 atom stereocenters. The van der Waals surface area contributed by atoms with Crippen molar-refractivity contribution < 1.29 is 19.0 Å². The molecule has 3 rings (SSSR count). The predicted octanol–water partition coefficient (Wildman–Crippen LogP) is 3.23. The maximum atomic E-state index is 13.0. The molecule has 2 aromatic carbocycles. The Morgan fingerprint density at radius 3 is 2.44 bits per heavy atom. The van der Waals surface area contributed by atoms with E-state index in [0.29, 0.717) is 17.2 Å². The quantitative estimate of drug-likeness (QED) is 0.838. The van der Waals surface area contributed by atoms with Crippen LogP contribution in [-0.2, 0) is 17.6 Å². The van der Waals surface area contributed by atoms with Gasteiger partial charge >= 0.3 is 0 Å². The Morgan fingerprint density at radius 2 is 1.76 bits per heavy atom. The van der Waals surface area contributed by atoms with Crippen LogP contribution in [0.4, 0.5) is 5.69 Å². The van der Waals surface area contributed by atoms with E-state index < -0.39 is 0 Å². The van der Waals surface area contributed by atoms with Crippen molar-refractivity contribution in [1.82, 2.24) is 0 Å². The number of hydrogen-bond donors (Lipinski definition) is 0. The zero-order chi connectivity index (χ0) is 18.0. The summed E-state index contributed by atoms with van der Waals surface area (Å²) in [5.41, 5.74) is 2.99. The molecule has 0 N–H and O–H groups in total. The number of carbonyl (C=O) groups excluding carboxylic acids is 1. The minimum absolute atomic E-state index is 0.0444. The first-order chi connectivity index (χ1) is 12.1. The number of nitrogens with zero attached hydrogens (tertiary/aromatic N) is 1. The first kappa shape index (κ1) is 17.1. The predicted molar refractivity (Wildman–Crippen MR) is 96.9 cm³/mol. The van der Waals surface area contributed by atoms with Gasteiger partial charge < -0.3 is 19.1 Å². The Hall–Kier alpha value is -2.69. The number of hydrogen-bond acceptors (Lipinski definition) is 4. The van der Waals surface area contributed by atoms with Crippen molar-refractivity contribution in [3.8, 4) is 17.2 Å². The van der Waals surface area contributed by atoms with Crippen LogP contribution in [-0.4, -0.2) is 33.3 Å². The van der Waals surface area contributed by atoms with Crippen molar-refractivity contribution in [3.05, 3.63) is 47.5 Å². The summed E-state index contributed by atoms with van der Waals surface area (Å²) in [6.07, 6.45) is 1.12. The zero-order valence-electron chi connectivity index (χ0n) is 15.0. The number of methoxy groups -OCH3 is 3. The van der Waals surface area contributed by atoms with Gasteiger partial charge in [-0.15, -0.1) is 0 Å². The highest BCUT2D eigenvalue weighted by Gasteiger charge is 2.31. The molecular formula is C20H23NO4. The van der Waals surface area contributed by atoms with Crippen LogP contribution in [0.1, 0.15) is 18.1 Å². The summed E-state index contributed by atoms with van der Waals surface area (Å²) >= 11 is 0. The third-order valence-corrected chi connectivity index (χ3v) is 4.60. The Balaban J connectivity index is 1.91. The monoisotopic (exact) mass is 341 g/mol. The summed E-state index contributed by atoms with van der Waals surface area (Å²) in [7, 11) is 4.70. The molecule has 132 valence electrons. The molecule has 25 heavy (non-hydrogen) atoms. The van der Waals surface area contributed by atoms with Crippen LogP contribution in [0.5, 0.6) is 17.2 Å². The molecule has 1 heterocycles. The third kappa shape index (κ3) is 3.02. The average molecular weight is 341 g/mol. The van der Waals surface area contributed by atoms with Crippen molar-refractivity contribution in [1.29, 1.82) is 0 Å². The molecular weight excluding hydrogens is 318 g/mol. The van der Waals surface area contributed by atoms with E-state index in [1.54, 1.807) is 27.4 Å². The van der Waals surface area contributed by atoms with Gasteiger partial charge in [-0.2, -0.15) is 0 Å². The number of rotatable bonds is 5. The molecule has 0 aromatic heterocycles. The second-order valence-electron chi connectivity index (χ2n) is 6.12. The highest BCUT2D eigenvalue weighted by molar-refractivity contribution is 5.97. The Labute approximate surface area is 148 Å². The smallest absolute Gasteiger partial charge is 0.231 e. The minimum atomic E-state index is 0.0444. The molecule has 1 amide bonds. The summed E-state index contributed by atoms with van der Waals surface area (Å²) in [6.45, 7) is 2.07. The topological polar surface area (TPSA) is 48.0 Å².